The van der Waals surface area contributed by atoms with Crippen LogP contribution in [-0.4, -0.2) is 50.8 Å². The smallest absolute Gasteiger partial charge is 0.274 e. The van der Waals surface area contributed by atoms with Crippen LogP contribution in [0.25, 0.3) is 0 Å². The highest BCUT2D eigenvalue weighted by molar-refractivity contribution is 5.92. The minimum atomic E-state index is -0.00118. The van der Waals surface area contributed by atoms with Gasteiger partial charge in [-0.2, -0.15) is 0 Å². The van der Waals surface area contributed by atoms with Gasteiger partial charge < -0.3 is 4.90 Å². The number of benzene rings is 2. The molecule has 2 bridgehead atoms. The predicted octanol–water partition coefficient (Wildman–Crippen LogP) is 3.86. The van der Waals surface area contributed by atoms with Gasteiger partial charge in [-0.15, -0.1) is 0 Å². The van der Waals surface area contributed by atoms with E-state index >= 15 is 0 Å². The van der Waals surface area contributed by atoms with Crippen molar-refractivity contribution >= 4 is 5.91 Å². The number of carbonyl (C=O) groups excluding carboxylic acids is 1. The highest BCUT2D eigenvalue weighted by Crippen LogP contribution is 2.41. The highest BCUT2D eigenvalue weighted by Gasteiger charge is 2.45. The minimum Gasteiger partial charge on any atom is -0.334 e. The van der Waals surface area contributed by atoms with Crippen LogP contribution in [0.4, 0.5) is 0 Å². The highest BCUT2D eigenvalue weighted by atomic mass is 16.2. The summed E-state index contributed by atoms with van der Waals surface area (Å²) < 4.78 is 0. The van der Waals surface area contributed by atoms with Gasteiger partial charge in [0.05, 0.1) is 17.9 Å². The maximum absolute atomic E-state index is 13.1. The van der Waals surface area contributed by atoms with E-state index in [-0.39, 0.29) is 11.9 Å². The summed E-state index contributed by atoms with van der Waals surface area (Å²) in [5.74, 6) is -0.00118. The van der Waals surface area contributed by atoms with E-state index in [0.29, 0.717) is 17.8 Å². The van der Waals surface area contributed by atoms with E-state index in [4.69, 9.17) is 0 Å². The maximum atomic E-state index is 13.1. The van der Waals surface area contributed by atoms with Gasteiger partial charge in [0.2, 0.25) is 0 Å². The molecule has 0 spiro atoms. The van der Waals surface area contributed by atoms with Crippen LogP contribution in [0.3, 0.4) is 0 Å². The first kappa shape index (κ1) is 18.9. The van der Waals surface area contributed by atoms with Crippen LogP contribution >= 0.6 is 0 Å². The molecule has 30 heavy (non-hydrogen) atoms. The van der Waals surface area contributed by atoms with Crippen molar-refractivity contribution < 1.29 is 4.79 Å². The summed E-state index contributed by atoms with van der Waals surface area (Å²) in [7, 11) is 0. The van der Waals surface area contributed by atoms with Crippen molar-refractivity contribution in [3.05, 3.63) is 95.6 Å². The summed E-state index contributed by atoms with van der Waals surface area (Å²) in [5.41, 5.74) is 3.84. The van der Waals surface area contributed by atoms with Gasteiger partial charge in [0.15, 0.2) is 0 Å². The number of fused-ring (bicyclic) bond motifs is 2. The number of likely N-dealkylation sites (tertiary alicyclic amines) is 1. The van der Waals surface area contributed by atoms with Crippen molar-refractivity contribution in [2.75, 3.05) is 13.1 Å². The van der Waals surface area contributed by atoms with Crippen molar-refractivity contribution in [1.29, 1.82) is 0 Å². The molecule has 2 fully saturated rings. The number of piperazine rings is 1. The van der Waals surface area contributed by atoms with Gasteiger partial charge in [-0.1, -0.05) is 60.7 Å². The Hall–Kier alpha value is -3.05. The van der Waals surface area contributed by atoms with Crippen molar-refractivity contribution in [3.8, 4) is 0 Å². The van der Waals surface area contributed by atoms with Crippen molar-refractivity contribution in [2.45, 2.75) is 37.9 Å². The molecule has 0 saturated carbocycles. The van der Waals surface area contributed by atoms with E-state index in [1.54, 1.807) is 12.4 Å². The fourth-order valence-electron chi connectivity index (χ4n) is 5.06. The molecule has 0 N–H and O–H groups in total. The molecule has 2 aliphatic rings. The molecular weight excluding hydrogens is 372 g/mol. The first-order chi connectivity index (χ1) is 14.7. The monoisotopic (exact) mass is 398 g/mol. The Kier molecular flexibility index (Phi) is 5.05. The van der Waals surface area contributed by atoms with E-state index in [1.165, 1.54) is 11.1 Å². The maximum Gasteiger partial charge on any atom is 0.274 e. The first-order valence-electron chi connectivity index (χ1n) is 10.7. The van der Waals surface area contributed by atoms with Crippen molar-refractivity contribution in [1.82, 2.24) is 19.8 Å². The summed E-state index contributed by atoms with van der Waals surface area (Å²) in [5, 5.41) is 0. The molecule has 3 heterocycles. The second kappa shape index (κ2) is 8.00. The zero-order valence-electron chi connectivity index (χ0n) is 17.2. The van der Waals surface area contributed by atoms with E-state index in [2.05, 4.69) is 75.5 Å². The number of hydrogen-bond acceptors (Lipinski definition) is 4. The molecule has 5 nitrogen and oxygen atoms in total. The van der Waals surface area contributed by atoms with Crippen molar-refractivity contribution in [2.24, 2.45) is 0 Å². The largest absolute Gasteiger partial charge is 0.334 e. The summed E-state index contributed by atoms with van der Waals surface area (Å²) >= 11 is 0. The quantitative estimate of drug-likeness (QED) is 0.670. The Morgan fingerprint density at radius 3 is 2.00 bits per heavy atom. The van der Waals surface area contributed by atoms with E-state index < -0.39 is 0 Å². The number of nitrogens with zero attached hydrogens (tertiary/aromatic N) is 4. The van der Waals surface area contributed by atoms with Crippen molar-refractivity contribution in [3.63, 3.8) is 0 Å². The molecule has 152 valence electrons. The lowest BCUT2D eigenvalue weighted by Gasteiger charge is -2.45. The van der Waals surface area contributed by atoms with Crippen LogP contribution in [0.2, 0.25) is 0 Å². The Labute approximate surface area is 177 Å². The lowest BCUT2D eigenvalue weighted by atomic mass is 9.94. The lowest BCUT2D eigenvalue weighted by molar-refractivity contribution is 0.0335. The van der Waals surface area contributed by atoms with Crippen LogP contribution in [0.1, 0.15) is 46.2 Å². The minimum absolute atomic E-state index is 0.00118. The van der Waals surface area contributed by atoms with Crippen LogP contribution in [0, 0.1) is 6.92 Å². The Balaban J connectivity index is 1.44. The second-order valence-electron chi connectivity index (χ2n) is 8.31. The number of hydrogen-bond donors (Lipinski definition) is 0. The summed E-state index contributed by atoms with van der Waals surface area (Å²) in [6.45, 7) is 3.35. The second-order valence-corrected chi connectivity index (χ2v) is 8.31. The lowest BCUT2D eigenvalue weighted by Crippen LogP contribution is -2.56. The topological polar surface area (TPSA) is 49.3 Å². The average Bonchev–Trinajstić information content (AvgIpc) is 3.03. The summed E-state index contributed by atoms with van der Waals surface area (Å²) in [4.78, 5) is 26.3. The predicted molar refractivity (Wildman–Crippen MR) is 116 cm³/mol. The van der Waals surface area contributed by atoms with Gasteiger partial charge in [-0.25, -0.2) is 4.98 Å². The van der Waals surface area contributed by atoms with Crippen LogP contribution in [0.15, 0.2) is 73.1 Å². The zero-order chi connectivity index (χ0) is 20.5. The third-order valence-electron chi connectivity index (χ3n) is 6.33. The van der Waals surface area contributed by atoms with E-state index in [0.717, 1.165) is 31.6 Å². The summed E-state index contributed by atoms with van der Waals surface area (Å²) in [6, 6.07) is 22.4. The molecule has 5 rings (SSSR count). The fraction of sp³-hybridized carbons (Fsp3) is 0.320. The molecule has 2 aliphatic heterocycles. The van der Waals surface area contributed by atoms with E-state index in [9.17, 15) is 4.79 Å². The zero-order valence-corrected chi connectivity index (χ0v) is 17.2. The molecule has 1 aromatic heterocycles. The molecule has 2 atom stereocenters. The molecule has 0 aliphatic carbocycles. The number of rotatable bonds is 4. The number of aromatic nitrogens is 2. The van der Waals surface area contributed by atoms with Gasteiger partial charge in [-0.05, 0) is 30.9 Å². The van der Waals surface area contributed by atoms with Gasteiger partial charge >= 0.3 is 0 Å². The third kappa shape index (κ3) is 3.50. The number of aryl methyl sites for hydroxylation is 1. The van der Waals surface area contributed by atoms with Crippen LogP contribution in [0.5, 0.6) is 0 Å². The first-order valence-corrected chi connectivity index (χ1v) is 10.7. The Morgan fingerprint density at radius 2 is 1.47 bits per heavy atom. The van der Waals surface area contributed by atoms with Gasteiger partial charge in [-0.3, -0.25) is 14.7 Å². The Bertz CT molecular complexity index is 970. The van der Waals surface area contributed by atoms with Gasteiger partial charge in [0.1, 0.15) is 5.69 Å². The molecule has 3 aromatic rings. The van der Waals surface area contributed by atoms with Crippen LogP contribution < -0.4 is 0 Å². The van der Waals surface area contributed by atoms with E-state index in [1.807, 2.05) is 11.8 Å². The standard InChI is InChI=1S/C25H26N4O/c1-18-14-26-15-23(27-18)25(30)28-16-21-12-13-22(17-28)29(21)24(19-8-4-2-5-9-19)20-10-6-3-7-11-20/h2-11,14-15,21-22,24H,12-13,16-17H2,1H3. The number of carbonyl (C=O) groups is 1. The molecule has 2 saturated heterocycles. The molecule has 1 amide bonds. The molecule has 2 aromatic carbocycles. The van der Waals surface area contributed by atoms with Gasteiger partial charge in [0.25, 0.3) is 5.91 Å². The van der Waals surface area contributed by atoms with Crippen LogP contribution in [-0.2, 0) is 0 Å². The molecule has 0 radical (unpaired) electrons. The average molecular weight is 399 g/mol. The fourth-order valence-corrected chi connectivity index (χ4v) is 5.06. The van der Waals surface area contributed by atoms with Gasteiger partial charge in [0, 0.05) is 31.4 Å². The normalized spacial score (nSPS) is 21.2. The summed E-state index contributed by atoms with van der Waals surface area (Å²) in [6.07, 6.45) is 5.50. The third-order valence-corrected chi connectivity index (χ3v) is 6.33. The SMILES string of the molecule is Cc1cncc(C(=O)N2CC3CCC(C2)N3C(c2ccccc2)c2ccccc2)n1. The number of amides is 1. The molecule has 2 unspecified atom stereocenters. The molecule has 5 heteroatoms. The Morgan fingerprint density at radius 1 is 0.900 bits per heavy atom. The molecular formula is C25H26N4O.